The maximum Gasteiger partial charge on any atom is 0.233 e. The fourth-order valence-corrected chi connectivity index (χ4v) is 3.74. The first kappa shape index (κ1) is 17.1. The monoisotopic (exact) mass is 361 g/mol. The molecule has 24 heavy (non-hydrogen) atoms. The Balaban J connectivity index is 1.53. The van der Waals surface area contributed by atoms with E-state index in [0.29, 0.717) is 5.75 Å². The molecule has 0 bridgehead atoms. The molecule has 1 aliphatic rings. The summed E-state index contributed by atoms with van der Waals surface area (Å²) in [5.41, 5.74) is 2.38. The quantitative estimate of drug-likeness (QED) is 0.781. The van der Waals surface area contributed by atoms with Crippen LogP contribution in [0.4, 0.5) is 5.69 Å². The number of anilines is 1. The van der Waals surface area contributed by atoms with Crippen LogP contribution >= 0.6 is 23.4 Å². The zero-order chi connectivity index (χ0) is 16.9. The Morgan fingerprint density at radius 2 is 1.88 bits per heavy atom. The number of benzene rings is 1. The molecule has 6 heteroatoms. The number of pyridine rings is 1. The number of piperazine rings is 1. The van der Waals surface area contributed by atoms with Gasteiger partial charge >= 0.3 is 0 Å². The van der Waals surface area contributed by atoms with Crippen LogP contribution in [-0.4, -0.2) is 47.7 Å². The number of hydrogen-bond acceptors (Lipinski definition) is 4. The van der Waals surface area contributed by atoms with Crippen molar-refractivity contribution >= 4 is 35.0 Å². The number of aryl methyl sites for hydroxylation is 1. The number of amides is 1. The minimum atomic E-state index is 0.194. The topological polar surface area (TPSA) is 36.4 Å². The number of hydrogen-bond donors (Lipinski definition) is 0. The molecule has 126 valence electrons. The van der Waals surface area contributed by atoms with Gasteiger partial charge < -0.3 is 9.80 Å². The van der Waals surface area contributed by atoms with Gasteiger partial charge in [-0.05, 0) is 36.8 Å². The molecule has 0 aliphatic carbocycles. The van der Waals surface area contributed by atoms with Crippen molar-refractivity contribution in [2.24, 2.45) is 0 Å². The van der Waals surface area contributed by atoms with Crippen molar-refractivity contribution in [1.82, 2.24) is 9.88 Å². The van der Waals surface area contributed by atoms with Gasteiger partial charge in [-0.15, -0.1) is 11.8 Å². The van der Waals surface area contributed by atoms with Crippen LogP contribution in [0.15, 0.2) is 47.6 Å². The molecule has 0 saturated carbocycles. The predicted octanol–water partition coefficient (Wildman–Crippen LogP) is 3.48. The highest BCUT2D eigenvalue weighted by atomic mass is 35.5. The highest BCUT2D eigenvalue weighted by Crippen LogP contribution is 2.25. The lowest BCUT2D eigenvalue weighted by Crippen LogP contribution is -2.49. The van der Waals surface area contributed by atoms with E-state index in [1.54, 1.807) is 24.2 Å². The van der Waals surface area contributed by atoms with Gasteiger partial charge in [-0.25, -0.2) is 0 Å². The van der Waals surface area contributed by atoms with Crippen LogP contribution in [0.2, 0.25) is 5.02 Å². The van der Waals surface area contributed by atoms with Gasteiger partial charge in [-0.1, -0.05) is 17.7 Å². The Bertz CT molecular complexity index is 703. The number of rotatable bonds is 4. The lowest BCUT2D eigenvalue weighted by atomic mass is 10.1. The van der Waals surface area contributed by atoms with E-state index in [0.717, 1.165) is 36.1 Å². The predicted molar refractivity (Wildman–Crippen MR) is 99.9 cm³/mol. The molecule has 0 spiro atoms. The van der Waals surface area contributed by atoms with Crippen molar-refractivity contribution in [2.75, 3.05) is 36.8 Å². The number of carbonyl (C=O) groups is 1. The second-order valence-corrected chi connectivity index (χ2v) is 7.26. The third-order valence-corrected chi connectivity index (χ3v) is 5.39. The van der Waals surface area contributed by atoms with Crippen molar-refractivity contribution in [2.45, 2.75) is 11.8 Å². The first-order valence-corrected chi connectivity index (χ1v) is 9.31. The lowest BCUT2D eigenvalue weighted by molar-refractivity contribution is -0.128. The molecule has 0 atom stereocenters. The molecule has 0 unspecified atom stereocenters. The Kier molecular flexibility index (Phi) is 5.63. The summed E-state index contributed by atoms with van der Waals surface area (Å²) in [6.45, 7) is 5.28. The van der Waals surface area contributed by atoms with Gasteiger partial charge in [0.2, 0.25) is 5.91 Å². The molecule has 4 nitrogen and oxygen atoms in total. The molecule has 1 aromatic carbocycles. The molecule has 1 amide bonds. The van der Waals surface area contributed by atoms with Crippen molar-refractivity contribution in [3.05, 3.63) is 53.3 Å². The molecular weight excluding hydrogens is 342 g/mol. The van der Waals surface area contributed by atoms with Gasteiger partial charge in [0.05, 0.1) is 5.75 Å². The third kappa shape index (κ3) is 4.22. The van der Waals surface area contributed by atoms with E-state index in [4.69, 9.17) is 11.6 Å². The molecule has 1 aromatic heterocycles. The van der Waals surface area contributed by atoms with Crippen molar-refractivity contribution in [3.8, 4) is 0 Å². The van der Waals surface area contributed by atoms with Crippen molar-refractivity contribution in [3.63, 3.8) is 0 Å². The van der Waals surface area contributed by atoms with Gasteiger partial charge in [0.25, 0.3) is 0 Å². The maximum atomic E-state index is 12.4. The fraction of sp³-hybridized carbons (Fsp3) is 0.333. The molecule has 2 heterocycles. The molecule has 0 radical (unpaired) electrons. The van der Waals surface area contributed by atoms with Gasteiger partial charge in [-0.3, -0.25) is 9.78 Å². The number of halogens is 1. The van der Waals surface area contributed by atoms with Crippen LogP contribution in [0, 0.1) is 6.92 Å². The Labute approximate surface area is 151 Å². The maximum absolute atomic E-state index is 12.4. The smallest absolute Gasteiger partial charge is 0.233 e. The van der Waals surface area contributed by atoms with E-state index in [1.165, 1.54) is 11.3 Å². The number of thioether (sulfide) groups is 1. The Morgan fingerprint density at radius 1 is 1.17 bits per heavy atom. The molecule has 1 fully saturated rings. The molecule has 3 rings (SSSR count). The van der Waals surface area contributed by atoms with Crippen LogP contribution < -0.4 is 4.90 Å². The number of carbonyl (C=O) groups excluding carboxylic acids is 1. The summed E-state index contributed by atoms with van der Waals surface area (Å²) < 4.78 is 0. The van der Waals surface area contributed by atoms with E-state index < -0.39 is 0 Å². The largest absolute Gasteiger partial charge is 0.368 e. The van der Waals surface area contributed by atoms with Gasteiger partial charge in [-0.2, -0.15) is 0 Å². The zero-order valence-electron chi connectivity index (χ0n) is 13.6. The van der Waals surface area contributed by atoms with E-state index in [-0.39, 0.29) is 5.91 Å². The Morgan fingerprint density at radius 3 is 2.58 bits per heavy atom. The standard InChI is InChI=1S/C18H20ClN3OS/c1-14-2-3-15(19)12-17(14)21-8-10-22(11-9-21)18(23)13-24-16-4-6-20-7-5-16/h2-7,12H,8-11,13H2,1H3. The molecular formula is C18H20ClN3OS. The van der Waals surface area contributed by atoms with Crippen molar-refractivity contribution < 1.29 is 4.79 Å². The summed E-state index contributed by atoms with van der Waals surface area (Å²) in [5.74, 6) is 0.666. The van der Waals surface area contributed by atoms with Crippen LogP contribution in [0.5, 0.6) is 0 Å². The minimum Gasteiger partial charge on any atom is -0.368 e. The van der Waals surface area contributed by atoms with Crippen LogP contribution in [0.1, 0.15) is 5.56 Å². The fourth-order valence-electron chi connectivity index (χ4n) is 2.79. The van der Waals surface area contributed by atoms with Crippen LogP contribution in [0.25, 0.3) is 0 Å². The summed E-state index contributed by atoms with van der Waals surface area (Å²) >= 11 is 7.68. The molecule has 2 aromatic rings. The summed E-state index contributed by atoms with van der Waals surface area (Å²) in [6, 6.07) is 9.82. The molecule has 1 aliphatic heterocycles. The highest BCUT2D eigenvalue weighted by Gasteiger charge is 2.22. The molecule has 1 saturated heterocycles. The second kappa shape index (κ2) is 7.90. The first-order valence-electron chi connectivity index (χ1n) is 7.95. The third-order valence-electron chi connectivity index (χ3n) is 4.16. The second-order valence-electron chi connectivity index (χ2n) is 5.77. The first-order chi connectivity index (χ1) is 11.6. The summed E-state index contributed by atoms with van der Waals surface area (Å²) in [5, 5.41) is 0.753. The summed E-state index contributed by atoms with van der Waals surface area (Å²) in [6.07, 6.45) is 3.50. The minimum absolute atomic E-state index is 0.194. The average molecular weight is 362 g/mol. The Hall–Kier alpha value is -1.72. The SMILES string of the molecule is Cc1ccc(Cl)cc1N1CCN(C(=O)CSc2ccncc2)CC1. The zero-order valence-corrected chi connectivity index (χ0v) is 15.2. The average Bonchev–Trinajstić information content (AvgIpc) is 2.63. The van der Waals surface area contributed by atoms with E-state index in [1.807, 2.05) is 35.2 Å². The normalized spacial score (nSPS) is 14.8. The van der Waals surface area contributed by atoms with E-state index >= 15 is 0 Å². The number of aromatic nitrogens is 1. The highest BCUT2D eigenvalue weighted by molar-refractivity contribution is 8.00. The van der Waals surface area contributed by atoms with E-state index in [9.17, 15) is 4.79 Å². The lowest BCUT2D eigenvalue weighted by Gasteiger charge is -2.37. The van der Waals surface area contributed by atoms with E-state index in [2.05, 4.69) is 16.8 Å². The van der Waals surface area contributed by atoms with Gasteiger partial charge in [0.1, 0.15) is 0 Å². The van der Waals surface area contributed by atoms with Crippen molar-refractivity contribution in [1.29, 1.82) is 0 Å². The van der Waals surface area contributed by atoms with Crippen LogP contribution in [0.3, 0.4) is 0 Å². The van der Waals surface area contributed by atoms with Crippen LogP contribution in [-0.2, 0) is 4.79 Å². The number of nitrogens with zero attached hydrogens (tertiary/aromatic N) is 3. The summed E-state index contributed by atoms with van der Waals surface area (Å²) in [7, 11) is 0. The molecule has 0 N–H and O–H groups in total. The van der Waals surface area contributed by atoms with Gasteiger partial charge in [0, 0.05) is 54.2 Å². The van der Waals surface area contributed by atoms with Gasteiger partial charge in [0.15, 0.2) is 0 Å². The summed E-state index contributed by atoms with van der Waals surface area (Å²) in [4.78, 5) is 21.7.